The summed E-state index contributed by atoms with van der Waals surface area (Å²) in [4.78, 5) is 115. The molecule has 9 rings (SSSR count). The minimum atomic E-state index is -1.68. The SMILES string of the molecule is CC#C/C=C\C#CC(OC1OC(C)C(NOC2CC(O)C(SC(=O)c3c(C)c(I)c(OC4OC(C)C(O)C(OC)C4O)c(OC)c3OC)C(C)O2)C(O)C1OC1CC(OC)C(N(CC)C(C)=O)CO1)C1/C(=C\CSSC(C)(C)NNC(=O)[C@H](C)NC(=O)[C@H](CC(N)=O)NC(=O)CCCn2nnc3c2CSC2CCCCCC(CC2)SC3)[C@@H](O)CC(=O)C1NC(=O)OC. The predicted molar refractivity (Wildman–Crippen MR) is 483 cm³/mol. The number of rotatable bonds is 35. The lowest BCUT2D eigenvalue weighted by Crippen LogP contribution is -2.65. The number of aromatic nitrogens is 3. The van der Waals surface area contributed by atoms with Crippen LogP contribution < -0.4 is 52.2 Å². The Labute approximate surface area is 775 Å². The standard InChI is InChI=1S/C84H124IN11O26S5/c1-16-18-19-20-24-28-58(65-50(55(98)36-56(99)68(65)89-83(109)114-15)32-34-125-127-84(9,10)93-91-78(106)43(4)87-79(107)51(35-60(86)101)88-61(102)29-25-33-96-54-41-124-49-27-23-21-22-26-48(30-31-49)123-40-52(54)90-94-96)119-82-75(120-62-38-59(110-11)53(39-115-62)95(17-2)47(8)97)70(104)67(44(5)117-82)92-122-63-37-57(100)77(46(7)116-63)126-80(108)64-42(3)66(85)73(76(113-14)72(64)111-12)121-81-71(105)74(112-13)69(103)45(6)118-81/h19-20,32,43-46,48-49,51,53,55,57-59,62-63,65,67-71,74-75,77,81-82,92-93,98,100,103-105H,17,21-23,25-27,29-31,33-41H2,1-15H3,(H2,86,101)(H,87,107)(H,88,102)(H,89,109)(H,91,106)/b20-19-,50-32-/t43-,44?,45?,46?,48?,49?,51-,53?,55-,57?,58?,59?,62?,63?,65?,67?,68?,69?,70?,71?,74?,75?,77?,81?,82?/m0/s1. The number of hydroxylamine groups is 1. The molecule has 6 heterocycles. The fourth-order valence-corrected chi connectivity index (χ4v) is 22.7. The highest BCUT2D eigenvalue weighted by Crippen LogP contribution is 2.50. The third-order valence-electron chi connectivity index (χ3n) is 23.0. The second kappa shape index (κ2) is 50.3. The number of aliphatic hydroxyl groups is 5. The summed E-state index contributed by atoms with van der Waals surface area (Å²) in [6.07, 6.45) is -8.88. The third-order valence-corrected chi connectivity index (χ3v) is 31.4. The molecule has 6 fully saturated rings. The van der Waals surface area contributed by atoms with E-state index < -0.39 is 198 Å². The molecule has 2 saturated carbocycles. The number of thioether (sulfide) groups is 3. The van der Waals surface area contributed by atoms with E-state index in [9.17, 15) is 63.9 Å². The topological polar surface area (TPSA) is 490 Å². The molecule has 127 heavy (non-hydrogen) atoms. The van der Waals surface area contributed by atoms with E-state index in [-0.39, 0.29) is 65.9 Å². The number of primary amides is 1. The van der Waals surface area contributed by atoms with E-state index in [0.717, 1.165) is 41.8 Å². The van der Waals surface area contributed by atoms with Crippen LogP contribution in [0.4, 0.5) is 4.79 Å². The summed E-state index contributed by atoms with van der Waals surface area (Å²) in [5.41, 5.74) is 16.8. The number of Topliss-reactive ketones (excluding diaryl/α,β-unsaturated/α-hetero) is 1. The first kappa shape index (κ1) is 105. The van der Waals surface area contributed by atoms with Crippen molar-refractivity contribution in [2.75, 3.05) is 54.5 Å². The molecule has 43 heteroatoms. The van der Waals surface area contributed by atoms with Gasteiger partial charge in [-0.3, -0.25) is 43.8 Å². The van der Waals surface area contributed by atoms with Gasteiger partial charge in [-0.25, -0.2) is 14.9 Å². The highest BCUT2D eigenvalue weighted by Gasteiger charge is 2.53. The summed E-state index contributed by atoms with van der Waals surface area (Å²) in [6, 6.07) is -5.85. The predicted octanol–water partition coefficient (Wildman–Crippen LogP) is 4.80. The van der Waals surface area contributed by atoms with Crippen LogP contribution in [-0.4, -0.2) is 296 Å². The molecule has 2 aromatic rings. The Kier molecular flexibility index (Phi) is 41.5. The molecule has 0 radical (unpaired) electrons. The fraction of sp³-hybridized carbons (Fsp3) is 0.714. The van der Waals surface area contributed by atoms with Crippen molar-refractivity contribution in [1.82, 2.24) is 52.2 Å². The maximum Gasteiger partial charge on any atom is 0.407 e. The number of allylic oxidation sites excluding steroid dienone is 2. The number of alkyl carbamates (subject to hydrolysis) is 1. The molecule has 4 saturated heterocycles. The summed E-state index contributed by atoms with van der Waals surface area (Å²) < 4.78 is 75.4. The third kappa shape index (κ3) is 28.4. The van der Waals surface area contributed by atoms with Gasteiger partial charge >= 0.3 is 6.09 Å². The number of hydrogen-bond acceptors (Lipinski definition) is 35. The van der Waals surface area contributed by atoms with Crippen molar-refractivity contribution in [2.45, 2.75) is 320 Å². The van der Waals surface area contributed by atoms with E-state index in [1.165, 1.54) is 121 Å². The summed E-state index contributed by atoms with van der Waals surface area (Å²) >= 11 is 6.68. The average molecular weight is 1990 g/mol. The van der Waals surface area contributed by atoms with Gasteiger partial charge < -0.3 is 109 Å². The van der Waals surface area contributed by atoms with Gasteiger partial charge in [0.2, 0.25) is 40.8 Å². The fourth-order valence-electron chi connectivity index (χ4n) is 16.2. The molecule has 1 aromatic heterocycles. The molecule has 22 unspecified atom stereocenters. The molecule has 1 aromatic carbocycles. The summed E-state index contributed by atoms with van der Waals surface area (Å²) in [5, 5.41) is 75.4. The van der Waals surface area contributed by atoms with E-state index in [2.05, 4.69) is 66.3 Å². The molecule has 0 spiro atoms. The van der Waals surface area contributed by atoms with Crippen LogP contribution in [0.1, 0.15) is 173 Å². The number of nitrogens with zero attached hydrogens (tertiary/aromatic N) is 4. The molecular weight excluding hydrogens is 1870 g/mol. The lowest BCUT2D eigenvalue weighted by atomic mass is 9.74. The molecule has 25 atom stereocenters. The number of carbonyl (C=O) groups is 8. The number of hydrazine groups is 1. The monoisotopic (exact) mass is 1990 g/mol. The zero-order chi connectivity index (χ0) is 92.7. The Morgan fingerprint density at radius 3 is 2.19 bits per heavy atom. The van der Waals surface area contributed by atoms with Crippen LogP contribution in [0.3, 0.4) is 0 Å². The van der Waals surface area contributed by atoms with Crippen molar-refractivity contribution < 1.29 is 126 Å². The maximum absolute atomic E-state index is 14.6. The van der Waals surface area contributed by atoms with Gasteiger partial charge in [0.1, 0.15) is 54.7 Å². The number of nitrogens with one attached hydrogen (secondary N) is 6. The normalized spacial score (nSPS) is 30.5. The van der Waals surface area contributed by atoms with Crippen molar-refractivity contribution in [3.8, 4) is 40.9 Å². The van der Waals surface area contributed by atoms with Crippen LogP contribution in [0, 0.1) is 40.1 Å². The Hall–Kier alpha value is -5.84. The van der Waals surface area contributed by atoms with Gasteiger partial charge in [-0.2, -0.15) is 29.0 Å². The number of aliphatic hydroxyl groups excluding tert-OH is 5. The van der Waals surface area contributed by atoms with E-state index >= 15 is 0 Å². The van der Waals surface area contributed by atoms with Crippen LogP contribution in [0.25, 0.3) is 0 Å². The van der Waals surface area contributed by atoms with E-state index in [0.29, 0.717) is 39.1 Å². The zero-order valence-electron chi connectivity index (χ0n) is 74.2. The first-order valence-electron chi connectivity index (χ1n) is 42.5. The second-order valence-corrected chi connectivity index (χ2v) is 40.1. The Morgan fingerprint density at radius 1 is 0.835 bits per heavy atom. The van der Waals surface area contributed by atoms with Crippen LogP contribution >= 0.6 is 79.5 Å². The molecule has 2 bridgehead atoms. The molecule has 6 amide bonds. The van der Waals surface area contributed by atoms with Gasteiger partial charge in [-0.1, -0.05) is 81.7 Å². The highest BCUT2D eigenvalue weighted by molar-refractivity contribution is 14.1. The summed E-state index contributed by atoms with van der Waals surface area (Å²) in [5.74, 6) is 8.17. The summed E-state index contributed by atoms with van der Waals surface area (Å²) in [6.45, 7) is 17.0. The van der Waals surface area contributed by atoms with Gasteiger partial charge in [0, 0.05) is 93.6 Å². The molecule has 7 aliphatic rings. The van der Waals surface area contributed by atoms with Gasteiger partial charge in [0.15, 0.2) is 36.2 Å². The van der Waals surface area contributed by atoms with E-state index in [1.807, 2.05) is 57.7 Å². The van der Waals surface area contributed by atoms with Gasteiger partial charge in [-0.15, -0.1) is 11.0 Å². The Balaban J connectivity index is 0.879. The lowest BCUT2D eigenvalue weighted by molar-refractivity contribution is -0.340. The minimum Gasteiger partial charge on any atom is -0.492 e. The average Bonchev–Trinajstić information content (AvgIpc) is 0.892. The Morgan fingerprint density at radius 2 is 1.54 bits per heavy atom. The van der Waals surface area contributed by atoms with Crippen molar-refractivity contribution in [3.63, 3.8) is 0 Å². The highest BCUT2D eigenvalue weighted by atomic mass is 127. The van der Waals surface area contributed by atoms with Crippen molar-refractivity contribution >= 4 is 126 Å². The molecule has 37 nitrogen and oxygen atoms in total. The number of amides is 6. The first-order chi connectivity index (χ1) is 60.6. The van der Waals surface area contributed by atoms with Crippen molar-refractivity contribution in [2.24, 2.45) is 11.7 Å². The second-order valence-electron chi connectivity index (χ2n) is 32.4. The number of fused-ring (bicyclic) bond motifs is 4. The van der Waals surface area contributed by atoms with Crippen LogP contribution in [-0.2, 0) is 94.3 Å². The van der Waals surface area contributed by atoms with Gasteiger partial charge in [0.05, 0.1) is 114 Å². The lowest BCUT2D eigenvalue weighted by Gasteiger charge is -2.48. The zero-order valence-corrected chi connectivity index (χ0v) is 80.4. The smallest absolute Gasteiger partial charge is 0.407 e. The number of likely N-dealkylation sites (N-methyl/N-ethyl adjacent to an activating group) is 1. The van der Waals surface area contributed by atoms with Crippen LogP contribution in [0.2, 0.25) is 0 Å². The van der Waals surface area contributed by atoms with Gasteiger partial charge in [0.25, 0.3) is 5.91 Å². The van der Waals surface area contributed by atoms with E-state index in [1.54, 1.807) is 59.4 Å². The van der Waals surface area contributed by atoms with Crippen LogP contribution in [0.5, 0.6) is 17.2 Å². The number of ether oxygens (including phenoxy) is 12. The molecule has 13 N–H and O–H groups in total. The number of methoxy groups -OCH3 is 5. The van der Waals surface area contributed by atoms with Crippen molar-refractivity contribution in [1.29, 1.82) is 0 Å². The minimum absolute atomic E-state index is 0.000240. The molecule has 708 valence electrons. The molecular formula is C84H124IN11O26S5. The van der Waals surface area contributed by atoms with Crippen LogP contribution in [0.15, 0.2) is 23.8 Å². The maximum atomic E-state index is 14.6. The Bertz CT molecular complexity index is 4260. The quantitative estimate of drug-likeness (QED) is 0.00838. The summed E-state index contributed by atoms with van der Waals surface area (Å²) in [7, 11) is 9.11. The van der Waals surface area contributed by atoms with Gasteiger partial charge in [-0.05, 0) is 140 Å². The number of carbonyl (C=O) groups excluding carboxylic acids is 8. The number of ketones is 1. The molecule has 5 aliphatic heterocycles. The number of aryl methyl sites for hydroxylation is 1. The molecule has 2 aliphatic carbocycles. The number of benzene rings is 1. The number of halogens is 1. The van der Waals surface area contributed by atoms with Crippen molar-refractivity contribution in [3.05, 3.63) is 49.9 Å². The largest absolute Gasteiger partial charge is 0.492 e. The first-order valence-corrected chi connectivity index (χ1v) is 48.9. The number of hydrogen-bond donors (Lipinski definition) is 12. The van der Waals surface area contributed by atoms with E-state index in [4.69, 9.17) is 67.4 Å². The number of nitrogens with two attached hydrogens (primary N) is 1.